The number of nitrogens with two attached hydrogens (primary N) is 1. The molecule has 1 atom stereocenters. The smallest absolute Gasteiger partial charge is 0.236 e. The summed E-state index contributed by atoms with van der Waals surface area (Å²) in [5.74, 6) is -0.815. The van der Waals surface area contributed by atoms with Crippen LogP contribution in [-0.4, -0.2) is 29.8 Å². The van der Waals surface area contributed by atoms with Gasteiger partial charge in [-0.05, 0) is 12.8 Å². The second-order valence-electron chi connectivity index (χ2n) is 3.42. The third kappa shape index (κ3) is 2.46. The minimum Gasteiger partial charge on any atom is -0.369 e. The number of amides is 2. The maximum absolute atomic E-state index is 11.3. The zero-order valence-corrected chi connectivity index (χ0v) is 7.90. The van der Waals surface area contributed by atoms with Gasteiger partial charge in [0.15, 0.2) is 0 Å². The Balaban J connectivity index is 2.52. The lowest BCUT2D eigenvalue weighted by molar-refractivity contribution is -0.134. The van der Waals surface area contributed by atoms with Crippen LogP contribution < -0.4 is 5.73 Å². The molecule has 1 heterocycles. The molecule has 2 amide bonds. The van der Waals surface area contributed by atoms with Crippen molar-refractivity contribution in [2.24, 2.45) is 11.7 Å². The minimum atomic E-state index is -0.362. The molecule has 5 heteroatoms. The summed E-state index contributed by atoms with van der Waals surface area (Å²) in [6.07, 6.45) is 1.40. The Hall–Kier alpha value is -1.57. The molecule has 0 aromatic rings. The second-order valence-corrected chi connectivity index (χ2v) is 3.42. The van der Waals surface area contributed by atoms with Crippen molar-refractivity contribution in [3.8, 4) is 6.07 Å². The Labute approximate surface area is 82.5 Å². The summed E-state index contributed by atoms with van der Waals surface area (Å²) in [6.45, 7) is 1.00. The van der Waals surface area contributed by atoms with Crippen molar-refractivity contribution >= 4 is 11.8 Å². The van der Waals surface area contributed by atoms with E-state index < -0.39 is 0 Å². The van der Waals surface area contributed by atoms with Crippen LogP contribution in [0.25, 0.3) is 0 Å². The van der Waals surface area contributed by atoms with Gasteiger partial charge in [0.05, 0.1) is 12.0 Å². The fourth-order valence-corrected chi connectivity index (χ4v) is 1.62. The molecule has 5 nitrogen and oxygen atoms in total. The first-order valence-electron chi connectivity index (χ1n) is 4.59. The average molecular weight is 195 g/mol. The van der Waals surface area contributed by atoms with Crippen molar-refractivity contribution in [2.75, 3.05) is 13.1 Å². The highest BCUT2D eigenvalue weighted by molar-refractivity contribution is 5.81. The molecule has 0 bridgehead atoms. The van der Waals surface area contributed by atoms with Gasteiger partial charge in [-0.25, -0.2) is 0 Å². The van der Waals surface area contributed by atoms with Crippen LogP contribution in [0.4, 0.5) is 0 Å². The zero-order valence-electron chi connectivity index (χ0n) is 7.90. The molecule has 1 aliphatic rings. The van der Waals surface area contributed by atoms with E-state index in [9.17, 15) is 9.59 Å². The maximum atomic E-state index is 11.3. The van der Waals surface area contributed by atoms with Gasteiger partial charge in [-0.15, -0.1) is 0 Å². The van der Waals surface area contributed by atoms with Crippen molar-refractivity contribution in [3.05, 3.63) is 0 Å². The van der Waals surface area contributed by atoms with Crippen LogP contribution >= 0.6 is 0 Å². The van der Waals surface area contributed by atoms with Crippen molar-refractivity contribution in [3.63, 3.8) is 0 Å². The summed E-state index contributed by atoms with van der Waals surface area (Å²) in [4.78, 5) is 23.8. The molecule has 0 radical (unpaired) electrons. The first-order chi connectivity index (χ1) is 6.65. The molecule has 1 rings (SSSR count). The van der Waals surface area contributed by atoms with Gasteiger partial charge in [0, 0.05) is 13.1 Å². The highest BCUT2D eigenvalue weighted by Crippen LogP contribution is 2.16. The largest absolute Gasteiger partial charge is 0.369 e. The molecule has 1 saturated heterocycles. The molecule has 1 unspecified atom stereocenters. The summed E-state index contributed by atoms with van der Waals surface area (Å²) in [5.41, 5.74) is 5.16. The van der Waals surface area contributed by atoms with E-state index in [1.807, 2.05) is 0 Å². The Morgan fingerprint density at radius 1 is 1.57 bits per heavy atom. The fourth-order valence-electron chi connectivity index (χ4n) is 1.62. The number of nitrogens with zero attached hydrogens (tertiary/aromatic N) is 2. The van der Waals surface area contributed by atoms with Crippen LogP contribution in [0.5, 0.6) is 0 Å². The summed E-state index contributed by atoms with van der Waals surface area (Å²) in [6, 6.07) is 1.80. The number of piperidine rings is 1. The van der Waals surface area contributed by atoms with E-state index in [-0.39, 0.29) is 24.2 Å². The highest BCUT2D eigenvalue weighted by atomic mass is 16.2. The van der Waals surface area contributed by atoms with Crippen molar-refractivity contribution in [1.29, 1.82) is 5.26 Å². The molecule has 0 saturated carbocycles. The molecule has 2 N–H and O–H groups in total. The van der Waals surface area contributed by atoms with Gasteiger partial charge in [0.25, 0.3) is 0 Å². The van der Waals surface area contributed by atoms with Crippen LogP contribution in [0.15, 0.2) is 0 Å². The summed E-state index contributed by atoms with van der Waals surface area (Å²) in [5, 5.41) is 8.35. The van der Waals surface area contributed by atoms with Gasteiger partial charge >= 0.3 is 0 Å². The molecule has 1 aliphatic heterocycles. The monoisotopic (exact) mass is 195 g/mol. The van der Waals surface area contributed by atoms with Crippen LogP contribution in [0, 0.1) is 17.2 Å². The van der Waals surface area contributed by atoms with Gasteiger partial charge in [0.2, 0.25) is 11.8 Å². The van der Waals surface area contributed by atoms with Crippen LogP contribution in [0.3, 0.4) is 0 Å². The van der Waals surface area contributed by atoms with E-state index in [0.29, 0.717) is 13.1 Å². The molecule has 76 valence electrons. The lowest BCUT2D eigenvalue weighted by Crippen LogP contribution is -2.43. The lowest BCUT2D eigenvalue weighted by atomic mass is 9.97. The van der Waals surface area contributed by atoms with E-state index in [2.05, 4.69) is 0 Å². The Bertz CT molecular complexity index is 282. The molecular weight excluding hydrogens is 182 g/mol. The predicted octanol–water partition coefficient (Wildman–Crippen LogP) is -0.376. The van der Waals surface area contributed by atoms with E-state index in [1.165, 1.54) is 0 Å². The van der Waals surface area contributed by atoms with E-state index in [4.69, 9.17) is 11.0 Å². The van der Waals surface area contributed by atoms with Crippen LogP contribution in [0.2, 0.25) is 0 Å². The Morgan fingerprint density at radius 2 is 2.29 bits per heavy atom. The summed E-state index contributed by atoms with van der Waals surface area (Å²) in [7, 11) is 0. The lowest BCUT2D eigenvalue weighted by Gasteiger charge is -2.30. The minimum absolute atomic E-state index is 0.120. The van der Waals surface area contributed by atoms with Gasteiger partial charge in [-0.3, -0.25) is 9.59 Å². The van der Waals surface area contributed by atoms with Crippen molar-refractivity contribution in [2.45, 2.75) is 19.3 Å². The van der Waals surface area contributed by atoms with Gasteiger partial charge in [-0.1, -0.05) is 0 Å². The number of rotatable bonds is 2. The third-order valence-corrected chi connectivity index (χ3v) is 2.41. The standard InChI is InChI=1S/C9H13N3O2/c10-4-3-8(13)12-5-1-2-7(6-12)9(11)14/h7H,1-3,5-6H2,(H2,11,14). The SMILES string of the molecule is N#CCC(=O)N1CCCC(C(N)=O)C1. The van der Waals surface area contributed by atoms with E-state index in [1.54, 1.807) is 11.0 Å². The number of carbonyl (C=O) groups is 2. The molecular formula is C9H13N3O2. The van der Waals surface area contributed by atoms with Gasteiger partial charge in [0.1, 0.15) is 6.42 Å². The fraction of sp³-hybridized carbons (Fsp3) is 0.667. The van der Waals surface area contributed by atoms with E-state index in [0.717, 1.165) is 12.8 Å². The van der Waals surface area contributed by atoms with Crippen LogP contribution in [0.1, 0.15) is 19.3 Å². The molecule has 0 aromatic carbocycles. The predicted molar refractivity (Wildman–Crippen MR) is 48.7 cm³/mol. The second kappa shape index (κ2) is 4.61. The number of nitriles is 1. The molecule has 1 fully saturated rings. The topological polar surface area (TPSA) is 87.2 Å². The first-order valence-corrected chi connectivity index (χ1v) is 4.59. The molecule has 0 aromatic heterocycles. The number of hydrogen-bond acceptors (Lipinski definition) is 3. The number of hydrogen-bond donors (Lipinski definition) is 1. The summed E-state index contributed by atoms with van der Waals surface area (Å²) < 4.78 is 0. The summed E-state index contributed by atoms with van der Waals surface area (Å²) >= 11 is 0. The van der Waals surface area contributed by atoms with Crippen molar-refractivity contribution in [1.82, 2.24) is 4.90 Å². The normalized spacial score (nSPS) is 21.4. The van der Waals surface area contributed by atoms with Gasteiger partial charge in [-0.2, -0.15) is 5.26 Å². The first kappa shape index (κ1) is 10.5. The van der Waals surface area contributed by atoms with Crippen molar-refractivity contribution < 1.29 is 9.59 Å². The average Bonchev–Trinajstić information content (AvgIpc) is 2.18. The third-order valence-electron chi connectivity index (χ3n) is 2.41. The number of likely N-dealkylation sites (tertiary alicyclic amines) is 1. The number of carbonyl (C=O) groups excluding carboxylic acids is 2. The zero-order chi connectivity index (χ0) is 10.6. The van der Waals surface area contributed by atoms with Gasteiger partial charge < -0.3 is 10.6 Å². The highest BCUT2D eigenvalue weighted by Gasteiger charge is 2.26. The molecule has 0 aliphatic carbocycles. The van der Waals surface area contributed by atoms with Crippen LogP contribution in [-0.2, 0) is 9.59 Å². The maximum Gasteiger partial charge on any atom is 0.236 e. The quantitative estimate of drug-likeness (QED) is 0.651. The molecule has 14 heavy (non-hydrogen) atoms. The van der Waals surface area contributed by atoms with E-state index >= 15 is 0 Å². The molecule has 0 spiro atoms. The Morgan fingerprint density at radius 3 is 2.86 bits per heavy atom. The Kier molecular flexibility index (Phi) is 3.46. The number of primary amides is 1.